The van der Waals surface area contributed by atoms with Crippen LogP contribution < -0.4 is 10.6 Å². The molecule has 0 saturated carbocycles. The number of alkyl halides is 3. The Morgan fingerprint density at radius 2 is 1.91 bits per heavy atom. The van der Waals surface area contributed by atoms with E-state index in [1.807, 2.05) is 0 Å². The molecular formula is C12H8ClF3N4OS. The average Bonchev–Trinajstić information content (AvgIpc) is 2.87. The number of aromatic nitrogens is 2. The lowest BCUT2D eigenvalue weighted by atomic mass is 10.2. The number of hydrogen-bond donors (Lipinski definition) is 3. The first-order valence-electron chi connectivity index (χ1n) is 5.76. The third-order valence-electron chi connectivity index (χ3n) is 2.45. The third-order valence-corrected chi connectivity index (χ3v) is 2.91. The van der Waals surface area contributed by atoms with Crippen molar-refractivity contribution in [2.24, 2.45) is 0 Å². The van der Waals surface area contributed by atoms with Gasteiger partial charge in [-0.2, -0.15) is 18.3 Å². The Morgan fingerprint density at radius 1 is 1.27 bits per heavy atom. The molecule has 1 amide bonds. The van der Waals surface area contributed by atoms with Crippen molar-refractivity contribution in [1.82, 2.24) is 15.5 Å². The number of carbonyl (C=O) groups excluding carboxylic acids is 1. The first-order valence-corrected chi connectivity index (χ1v) is 6.55. The fourth-order valence-electron chi connectivity index (χ4n) is 1.46. The van der Waals surface area contributed by atoms with E-state index in [4.69, 9.17) is 23.8 Å². The number of rotatable bonds is 2. The molecule has 1 aromatic heterocycles. The standard InChI is InChI=1S/C12H8ClF3N4OS/c13-7-3-1-6(2-4-7)10(21)18-11(22)17-9-5-8(19-20-9)12(14,15)16/h1-5H,(H3,17,18,19,20,21,22). The van der Waals surface area contributed by atoms with Crippen molar-refractivity contribution < 1.29 is 18.0 Å². The Hall–Kier alpha value is -2.13. The molecule has 1 aromatic carbocycles. The van der Waals surface area contributed by atoms with Crippen LogP contribution in [0.15, 0.2) is 30.3 Å². The number of amides is 1. The second-order valence-corrected chi connectivity index (χ2v) is 4.92. The van der Waals surface area contributed by atoms with E-state index < -0.39 is 17.8 Å². The summed E-state index contributed by atoms with van der Waals surface area (Å²) in [6, 6.07) is 6.76. The molecule has 0 spiro atoms. The SMILES string of the molecule is O=C(NC(=S)Nc1cc(C(F)(F)F)n[nH]1)c1ccc(Cl)cc1. The number of anilines is 1. The molecular weight excluding hydrogens is 341 g/mol. The van der Waals surface area contributed by atoms with E-state index in [0.717, 1.165) is 6.07 Å². The van der Waals surface area contributed by atoms with Crippen LogP contribution in [0.5, 0.6) is 0 Å². The summed E-state index contributed by atoms with van der Waals surface area (Å²) in [6.07, 6.45) is -4.56. The van der Waals surface area contributed by atoms with Gasteiger partial charge in [-0.3, -0.25) is 15.2 Å². The second kappa shape index (κ2) is 6.32. The number of carbonyl (C=O) groups is 1. The molecule has 1 heterocycles. The van der Waals surface area contributed by atoms with Crippen molar-refractivity contribution in [3.63, 3.8) is 0 Å². The molecule has 0 unspecified atom stereocenters. The fraction of sp³-hybridized carbons (Fsp3) is 0.0833. The molecule has 2 rings (SSSR count). The van der Waals surface area contributed by atoms with Gasteiger partial charge in [0, 0.05) is 16.7 Å². The van der Waals surface area contributed by atoms with Crippen molar-refractivity contribution in [1.29, 1.82) is 0 Å². The molecule has 22 heavy (non-hydrogen) atoms. The van der Waals surface area contributed by atoms with Crippen LogP contribution in [0.4, 0.5) is 19.0 Å². The summed E-state index contributed by atoms with van der Waals surface area (Å²) in [5, 5.41) is 10.2. The Bertz CT molecular complexity index is 699. The van der Waals surface area contributed by atoms with Crippen LogP contribution in [0, 0.1) is 0 Å². The van der Waals surface area contributed by atoms with Crippen LogP contribution in [0.1, 0.15) is 16.1 Å². The van der Waals surface area contributed by atoms with Crippen molar-refractivity contribution in [2.45, 2.75) is 6.18 Å². The average molecular weight is 349 g/mol. The zero-order valence-electron chi connectivity index (χ0n) is 10.7. The minimum Gasteiger partial charge on any atom is -0.317 e. The number of benzene rings is 1. The molecule has 0 radical (unpaired) electrons. The van der Waals surface area contributed by atoms with Crippen LogP contribution in [0.25, 0.3) is 0 Å². The Kier molecular flexibility index (Phi) is 4.67. The van der Waals surface area contributed by atoms with Crippen LogP contribution in [-0.2, 0) is 6.18 Å². The molecule has 3 N–H and O–H groups in total. The highest BCUT2D eigenvalue weighted by Crippen LogP contribution is 2.28. The van der Waals surface area contributed by atoms with Gasteiger partial charge in [0.05, 0.1) is 0 Å². The van der Waals surface area contributed by atoms with Gasteiger partial charge in [0.15, 0.2) is 10.8 Å². The lowest BCUT2D eigenvalue weighted by molar-refractivity contribution is -0.141. The molecule has 0 aliphatic heterocycles. The van der Waals surface area contributed by atoms with E-state index in [1.54, 1.807) is 0 Å². The molecule has 10 heteroatoms. The summed E-state index contributed by atoms with van der Waals surface area (Å²) in [7, 11) is 0. The predicted octanol–water partition coefficient (Wildman–Crippen LogP) is 3.21. The quantitative estimate of drug-likeness (QED) is 0.729. The highest BCUT2D eigenvalue weighted by Gasteiger charge is 2.33. The van der Waals surface area contributed by atoms with Crippen LogP contribution in [0.3, 0.4) is 0 Å². The number of H-pyrrole nitrogens is 1. The van der Waals surface area contributed by atoms with Gasteiger partial charge in [-0.25, -0.2) is 0 Å². The van der Waals surface area contributed by atoms with Gasteiger partial charge in [-0.05, 0) is 36.5 Å². The lowest BCUT2D eigenvalue weighted by Gasteiger charge is -2.07. The zero-order chi connectivity index (χ0) is 16.3. The van der Waals surface area contributed by atoms with Gasteiger partial charge in [0.1, 0.15) is 5.82 Å². The van der Waals surface area contributed by atoms with E-state index in [9.17, 15) is 18.0 Å². The van der Waals surface area contributed by atoms with Crippen LogP contribution in [-0.4, -0.2) is 21.2 Å². The number of aromatic amines is 1. The Balaban J connectivity index is 1.97. The highest BCUT2D eigenvalue weighted by atomic mass is 35.5. The minimum atomic E-state index is -4.56. The molecule has 116 valence electrons. The molecule has 0 saturated heterocycles. The topological polar surface area (TPSA) is 69.8 Å². The number of thiocarbonyl (C=S) groups is 1. The van der Waals surface area contributed by atoms with E-state index >= 15 is 0 Å². The van der Waals surface area contributed by atoms with Gasteiger partial charge >= 0.3 is 6.18 Å². The molecule has 0 fully saturated rings. The smallest absolute Gasteiger partial charge is 0.317 e. The van der Waals surface area contributed by atoms with Crippen LogP contribution >= 0.6 is 23.8 Å². The summed E-state index contributed by atoms with van der Waals surface area (Å²) in [4.78, 5) is 11.8. The summed E-state index contributed by atoms with van der Waals surface area (Å²) in [6.45, 7) is 0. The molecule has 0 bridgehead atoms. The number of nitrogens with one attached hydrogen (secondary N) is 3. The summed E-state index contributed by atoms with van der Waals surface area (Å²) < 4.78 is 37.1. The van der Waals surface area contributed by atoms with Crippen molar-refractivity contribution in [3.05, 3.63) is 46.6 Å². The third kappa shape index (κ3) is 4.18. The summed E-state index contributed by atoms with van der Waals surface area (Å²) in [5.74, 6) is -0.613. The van der Waals surface area contributed by atoms with E-state index in [0.29, 0.717) is 10.6 Å². The van der Waals surface area contributed by atoms with Gasteiger partial charge in [0.2, 0.25) is 0 Å². The lowest BCUT2D eigenvalue weighted by Crippen LogP contribution is -2.34. The minimum absolute atomic E-state index is 0.0891. The number of halogens is 4. The van der Waals surface area contributed by atoms with E-state index in [2.05, 4.69) is 20.8 Å². The van der Waals surface area contributed by atoms with E-state index in [1.165, 1.54) is 24.3 Å². The molecule has 5 nitrogen and oxygen atoms in total. The van der Waals surface area contributed by atoms with Gasteiger partial charge < -0.3 is 5.32 Å². The fourth-order valence-corrected chi connectivity index (χ4v) is 1.79. The first-order chi connectivity index (χ1) is 10.3. The van der Waals surface area contributed by atoms with Crippen LogP contribution in [0.2, 0.25) is 5.02 Å². The monoisotopic (exact) mass is 348 g/mol. The summed E-state index contributed by atoms with van der Waals surface area (Å²) >= 11 is 10.5. The van der Waals surface area contributed by atoms with Crippen molar-refractivity contribution in [3.8, 4) is 0 Å². The van der Waals surface area contributed by atoms with E-state index in [-0.39, 0.29) is 10.9 Å². The normalized spacial score (nSPS) is 11.1. The largest absolute Gasteiger partial charge is 0.435 e. The molecule has 0 aliphatic rings. The number of hydrogen-bond acceptors (Lipinski definition) is 3. The maximum atomic E-state index is 12.4. The van der Waals surface area contributed by atoms with Gasteiger partial charge in [-0.15, -0.1) is 0 Å². The Labute approximate surface area is 132 Å². The zero-order valence-corrected chi connectivity index (χ0v) is 12.2. The summed E-state index contributed by atoms with van der Waals surface area (Å²) in [5.41, 5.74) is -0.795. The second-order valence-electron chi connectivity index (χ2n) is 4.08. The molecule has 0 atom stereocenters. The first kappa shape index (κ1) is 16.2. The van der Waals surface area contributed by atoms with Gasteiger partial charge in [-0.1, -0.05) is 11.6 Å². The maximum absolute atomic E-state index is 12.4. The number of nitrogens with zero attached hydrogens (tertiary/aromatic N) is 1. The maximum Gasteiger partial charge on any atom is 0.435 e. The van der Waals surface area contributed by atoms with Gasteiger partial charge in [0.25, 0.3) is 5.91 Å². The Morgan fingerprint density at radius 3 is 2.45 bits per heavy atom. The molecule has 2 aromatic rings. The highest BCUT2D eigenvalue weighted by molar-refractivity contribution is 7.80. The van der Waals surface area contributed by atoms with Crippen molar-refractivity contribution >= 4 is 40.7 Å². The molecule has 0 aliphatic carbocycles. The van der Waals surface area contributed by atoms with Crippen molar-refractivity contribution in [2.75, 3.05) is 5.32 Å². The predicted molar refractivity (Wildman–Crippen MR) is 78.7 cm³/mol.